The number of benzene rings is 2. The van der Waals surface area contributed by atoms with E-state index in [9.17, 15) is 4.79 Å². The number of carbonyl (C=O) groups is 1. The molecule has 0 aromatic heterocycles. The Morgan fingerprint density at radius 2 is 1.93 bits per heavy atom. The highest BCUT2D eigenvalue weighted by molar-refractivity contribution is 5.78. The number of ether oxygens (including phenoxy) is 2. The summed E-state index contributed by atoms with van der Waals surface area (Å²) >= 11 is 0. The second kappa shape index (κ2) is 10.7. The van der Waals surface area contributed by atoms with Crippen LogP contribution >= 0.6 is 0 Å². The summed E-state index contributed by atoms with van der Waals surface area (Å²) in [7, 11) is 1.67. The van der Waals surface area contributed by atoms with Gasteiger partial charge in [-0.15, -0.1) is 0 Å². The normalized spacial score (nSPS) is 17.1. The standard InChI is InChI=1S/C23H30N2O3/c1-27-22-12-6-5-9-20(22)13-14-24-23(26)17-25-15-7-8-19(16-25)18-28-21-10-3-2-4-11-21/h2-6,9-12,19H,7-8,13-18H2,1H3,(H,24,26). The topological polar surface area (TPSA) is 50.8 Å². The summed E-state index contributed by atoms with van der Waals surface area (Å²) in [5.41, 5.74) is 1.11. The number of piperidine rings is 1. The van der Waals surface area contributed by atoms with Gasteiger partial charge in [0.25, 0.3) is 0 Å². The van der Waals surface area contributed by atoms with E-state index in [0.717, 1.165) is 49.4 Å². The van der Waals surface area contributed by atoms with E-state index in [4.69, 9.17) is 9.47 Å². The SMILES string of the molecule is COc1ccccc1CCNC(=O)CN1CCCC(COc2ccccc2)C1. The molecule has 2 aromatic rings. The maximum Gasteiger partial charge on any atom is 0.234 e. The Hall–Kier alpha value is -2.53. The minimum Gasteiger partial charge on any atom is -0.496 e. The van der Waals surface area contributed by atoms with Crippen LogP contribution in [-0.4, -0.2) is 50.7 Å². The van der Waals surface area contributed by atoms with Crippen LogP contribution in [0.3, 0.4) is 0 Å². The number of para-hydroxylation sites is 2. The van der Waals surface area contributed by atoms with Crippen LogP contribution in [0.25, 0.3) is 0 Å². The van der Waals surface area contributed by atoms with Crippen molar-refractivity contribution in [1.82, 2.24) is 10.2 Å². The van der Waals surface area contributed by atoms with Gasteiger partial charge < -0.3 is 14.8 Å². The molecule has 1 heterocycles. The molecule has 1 saturated heterocycles. The fourth-order valence-corrected chi connectivity index (χ4v) is 3.67. The highest BCUT2D eigenvalue weighted by atomic mass is 16.5. The Morgan fingerprint density at radius 3 is 2.75 bits per heavy atom. The Kier molecular flexibility index (Phi) is 7.73. The van der Waals surface area contributed by atoms with E-state index in [1.54, 1.807) is 7.11 Å². The van der Waals surface area contributed by atoms with Crippen molar-refractivity contribution in [1.29, 1.82) is 0 Å². The van der Waals surface area contributed by atoms with Gasteiger partial charge in [-0.05, 0) is 49.6 Å². The van der Waals surface area contributed by atoms with Gasteiger partial charge in [0.05, 0.1) is 20.3 Å². The third kappa shape index (κ3) is 6.27. The molecule has 1 fully saturated rings. The molecular weight excluding hydrogens is 352 g/mol. The lowest BCUT2D eigenvalue weighted by Gasteiger charge is -2.32. The second-order valence-corrected chi connectivity index (χ2v) is 7.28. The summed E-state index contributed by atoms with van der Waals surface area (Å²) in [6.07, 6.45) is 3.03. The van der Waals surface area contributed by atoms with Crippen molar-refractivity contribution in [3.05, 3.63) is 60.2 Å². The number of nitrogens with one attached hydrogen (secondary N) is 1. The summed E-state index contributed by atoms with van der Waals surface area (Å²) in [6, 6.07) is 17.8. The minimum absolute atomic E-state index is 0.0829. The van der Waals surface area contributed by atoms with Gasteiger partial charge in [-0.2, -0.15) is 0 Å². The van der Waals surface area contributed by atoms with Gasteiger partial charge in [0.15, 0.2) is 0 Å². The molecule has 1 N–H and O–H groups in total. The molecule has 3 rings (SSSR count). The van der Waals surface area contributed by atoms with Crippen LogP contribution in [0.5, 0.6) is 11.5 Å². The van der Waals surface area contributed by atoms with E-state index in [2.05, 4.69) is 10.2 Å². The molecule has 1 atom stereocenters. The molecule has 0 bridgehead atoms. The van der Waals surface area contributed by atoms with E-state index in [1.807, 2.05) is 54.6 Å². The van der Waals surface area contributed by atoms with E-state index < -0.39 is 0 Å². The van der Waals surface area contributed by atoms with Crippen molar-refractivity contribution in [3.63, 3.8) is 0 Å². The molecule has 1 unspecified atom stereocenters. The van der Waals surface area contributed by atoms with E-state index in [0.29, 0.717) is 25.6 Å². The summed E-state index contributed by atoms with van der Waals surface area (Å²) in [5.74, 6) is 2.33. The largest absolute Gasteiger partial charge is 0.496 e. The zero-order valence-corrected chi connectivity index (χ0v) is 16.6. The van der Waals surface area contributed by atoms with Gasteiger partial charge in [-0.25, -0.2) is 0 Å². The molecule has 28 heavy (non-hydrogen) atoms. The fraction of sp³-hybridized carbons (Fsp3) is 0.435. The van der Waals surface area contributed by atoms with Crippen molar-refractivity contribution < 1.29 is 14.3 Å². The van der Waals surface area contributed by atoms with E-state index in [1.165, 1.54) is 0 Å². The molecule has 0 spiro atoms. The smallest absolute Gasteiger partial charge is 0.234 e. The van der Waals surface area contributed by atoms with Gasteiger partial charge in [0.1, 0.15) is 11.5 Å². The molecule has 0 saturated carbocycles. The van der Waals surface area contributed by atoms with Crippen LogP contribution in [0.15, 0.2) is 54.6 Å². The number of hydrogen-bond donors (Lipinski definition) is 1. The quantitative estimate of drug-likeness (QED) is 0.724. The average Bonchev–Trinajstić information content (AvgIpc) is 2.73. The first kappa shape index (κ1) is 20.2. The van der Waals surface area contributed by atoms with E-state index in [-0.39, 0.29) is 5.91 Å². The number of carbonyl (C=O) groups excluding carboxylic acids is 1. The van der Waals surface area contributed by atoms with Crippen molar-refractivity contribution >= 4 is 5.91 Å². The first-order valence-electron chi connectivity index (χ1n) is 10.0. The Labute approximate surface area is 167 Å². The number of hydrogen-bond acceptors (Lipinski definition) is 4. The lowest BCUT2D eigenvalue weighted by atomic mass is 9.99. The maximum atomic E-state index is 12.3. The lowest BCUT2D eigenvalue weighted by molar-refractivity contribution is -0.122. The summed E-state index contributed by atoms with van der Waals surface area (Å²) in [4.78, 5) is 14.6. The molecule has 5 heteroatoms. The van der Waals surface area contributed by atoms with Crippen LogP contribution in [-0.2, 0) is 11.2 Å². The predicted molar refractivity (Wildman–Crippen MR) is 111 cm³/mol. The van der Waals surface area contributed by atoms with Gasteiger partial charge in [-0.1, -0.05) is 36.4 Å². The first-order valence-corrected chi connectivity index (χ1v) is 10.0. The molecule has 1 aliphatic heterocycles. The number of rotatable bonds is 9. The van der Waals surface area contributed by atoms with Crippen molar-refractivity contribution in [2.75, 3.05) is 39.9 Å². The molecule has 2 aromatic carbocycles. The van der Waals surface area contributed by atoms with Gasteiger partial charge in [0, 0.05) is 19.0 Å². The maximum absolute atomic E-state index is 12.3. The molecule has 1 amide bonds. The molecule has 0 aliphatic carbocycles. The lowest BCUT2D eigenvalue weighted by Crippen LogP contribution is -2.44. The minimum atomic E-state index is 0.0829. The third-order valence-electron chi connectivity index (χ3n) is 5.11. The summed E-state index contributed by atoms with van der Waals surface area (Å²) < 4.78 is 11.3. The second-order valence-electron chi connectivity index (χ2n) is 7.28. The van der Waals surface area contributed by atoms with Gasteiger partial charge in [0.2, 0.25) is 5.91 Å². The van der Waals surface area contributed by atoms with Crippen LogP contribution in [0, 0.1) is 5.92 Å². The van der Waals surface area contributed by atoms with Crippen molar-refractivity contribution in [3.8, 4) is 11.5 Å². The number of amides is 1. The van der Waals surface area contributed by atoms with Crippen molar-refractivity contribution in [2.24, 2.45) is 5.92 Å². The highest BCUT2D eigenvalue weighted by Crippen LogP contribution is 2.19. The predicted octanol–water partition coefficient (Wildman–Crippen LogP) is 3.14. The Bertz CT molecular complexity index is 736. The zero-order valence-electron chi connectivity index (χ0n) is 16.6. The molecule has 1 aliphatic rings. The monoisotopic (exact) mass is 382 g/mol. The van der Waals surface area contributed by atoms with Crippen LogP contribution in [0.1, 0.15) is 18.4 Å². The summed E-state index contributed by atoms with van der Waals surface area (Å²) in [5, 5.41) is 3.04. The molecule has 0 radical (unpaired) electrons. The number of likely N-dealkylation sites (tertiary alicyclic amines) is 1. The van der Waals surface area contributed by atoms with E-state index >= 15 is 0 Å². The summed E-state index contributed by atoms with van der Waals surface area (Å²) in [6.45, 7) is 3.66. The number of methoxy groups -OCH3 is 1. The molecule has 150 valence electrons. The molecular formula is C23H30N2O3. The highest BCUT2D eigenvalue weighted by Gasteiger charge is 2.22. The van der Waals surface area contributed by atoms with Crippen LogP contribution in [0.2, 0.25) is 0 Å². The third-order valence-corrected chi connectivity index (χ3v) is 5.11. The van der Waals surface area contributed by atoms with Crippen LogP contribution < -0.4 is 14.8 Å². The first-order chi connectivity index (χ1) is 13.7. The van der Waals surface area contributed by atoms with Gasteiger partial charge in [-0.3, -0.25) is 9.69 Å². The molecule has 5 nitrogen and oxygen atoms in total. The Balaban J connectivity index is 1.37. The van der Waals surface area contributed by atoms with Gasteiger partial charge >= 0.3 is 0 Å². The van der Waals surface area contributed by atoms with Crippen LogP contribution in [0.4, 0.5) is 0 Å². The Morgan fingerprint density at radius 1 is 1.14 bits per heavy atom. The van der Waals surface area contributed by atoms with Crippen molar-refractivity contribution in [2.45, 2.75) is 19.3 Å². The zero-order chi connectivity index (χ0) is 19.6. The fourth-order valence-electron chi connectivity index (χ4n) is 3.67. The average molecular weight is 383 g/mol. The number of nitrogens with zero attached hydrogens (tertiary/aromatic N) is 1.